The highest BCUT2D eigenvalue weighted by Crippen LogP contribution is 2.30. The second-order valence-electron chi connectivity index (χ2n) is 8.42. The second kappa shape index (κ2) is 8.14. The van der Waals surface area contributed by atoms with Crippen LogP contribution < -0.4 is 5.32 Å². The zero-order valence-electron chi connectivity index (χ0n) is 17.3. The summed E-state index contributed by atoms with van der Waals surface area (Å²) in [6, 6.07) is 3.84. The molecule has 5 rings (SSSR count). The predicted molar refractivity (Wildman–Crippen MR) is 116 cm³/mol. The minimum absolute atomic E-state index is 0.356. The molecule has 0 atom stereocenters. The first-order valence-corrected chi connectivity index (χ1v) is 10.8. The van der Waals surface area contributed by atoms with Gasteiger partial charge >= 0.3 is 0 Å². The van der Waals surface area contributed by atoms with Crippen LogP contribution in [-0.4, -0.2) is 50.9 Å². The minimum atomic E-state index is -0.356. The highest BCUT2D eigenvalue weighted by atomic mass is 19.1. The van der Waals surface area contributed by atoms with Crippen molar-refractivity contribution in [1.29, 1.82) is 0 Å². The van der Waals surface area contributed by atoms with Gasteiger partial charge in [-0.2, -0.15) is 4.39 Å². The highest BCUT2D eigenvalue weighted by Gasteiger charge is 2.19. The summed E-state index contributed by atoms with van der Waals surface area (Å²) in [6.07, 6.45) is 12.6. The van der Waals surface area contributed by atoms with Crippen LogP contribution in [0.1, 0.15) is 42.5 Å². The molecule has 1 fully saturated rings. The molecule has 2 aliphatic rings. The topological polar surface area (TPSA) is 58.3 Å². The number of allylic oxidation sites excluding steroid dienone is 1. The lowest BCUT2D eigenvalue weighted by Crippen LogP contribution is -2.33. The van der Waals surface area contributed by atoms with Crippen LogP contribution in [0.25, 0.3) is 11.2 Å². The minimum Gasteiger partial charge on any atom is -0.354 e. The van der Waals surface area contributed by atoms with Gasteiger partial charge in [-0.15, -0.1) is 0 Å². The van der Waals surface area contributed by atoms with Gasteiger partial charge in [0, 0.05) is 24.5 Å². The Labute approximate surface area is 175 Å². The van der Waals surface area contributed by atoms with E-state index in [9.17, 15) is 4.39 Å². The molecule has 3 aromatic heterocycles. The van der Waals surface area contributed by atoms with Gasteiger partial charge < -0.3 is 10.2 Å². The molecule has 0 amide bonds. The summed E-state index contributed by atoms with van der Waals surface area (Å²) in [5.74, 6) is 1.03. The van der Waals surface area contributed by atoms with Crippen LogP contribution in [0, 0.1) is 11.9 Å². The van der Waals surface area contributed by atoms with E-state index in [1.165, 1.54) is 23.4 Å². The molecule has 0 radical (unpaired) electrons. The molecule has 0 aromatic carbocycles. The maximum Gasteiger partial charge on any atom is 0.222 e. The van der Waals surface area contributed by atoms with Gasteiger partial charge in [-0.25, -0.2) is 15.0 Å². The van der Waals surface area contributed by atoms with Crippen molar-refractivity contribution in [1.82, 2.24) is 24.3 Å². The largest absolute Gasteiger partial charge is 0.354 e. The van der Waals surface area contributed by atoms with Crippen LogP contribution in [0.2, 0.25) is 0 Å². The third kappa shape index (κ3) is 3.81. The Bertz CT molecular complexity index is 1080. The Hall–Kier alpha value is -2.80. The Morgan fingerprint density at radius 1 is 1.17 bits per heavy atom. The molecule has 0 unspecified atom stereocenters. The van der Waals surface area contributed by atoms with Gasteiger partial charge in [0.25, 0.3) is 0 Å². The molecular formula is C23H27FN6. The third-order valence-electron chi connectivity index (χ3n) is 6.28. The van der Waals surface area contributed by atoms with E-state index >= 15 is 0 Å². The molecule has 0 spiro atoms. The average molecular weight is 407 g/mol. The number of hydrogen-bond donors (Lipinski definition) is 1. The van der Waals surface area contributed by atoms with Crippen LogP contribution in [0.15, 0.2) is 36.8 Å². The van der Waals surface area contributed by atoms with Crippen LogP contribution in [0.3, 0.4) is 0 Å². The fraction of sp³-hybridized carbons (Fsp3) is 0.435. The van der Waals surface area contributed by atoms with Gasteiger partial charge in [-0.3, -0.25) is 4.40 Å². The normalized spacial score (nSPS) is 18.1. The lowest BCUT2D eigenvalue weighted by molar-refractivity contribution is 0.226. The second-order valence-corrected chi connectivity index (χ2v) is 8.42. The maximum absolute atomic E-state index is 14.0. The van der Waals surface area contributed by atoms with Crippen molar-refractivity contribution >= 4 is 17.2 Å². The monoisotopic (exact) mass is 406 g/mol. The zero-order valence-corrected chi connectivity index (χ0v) is 17.3. The number of rotatable bonds is 4. The third-order valence-corrected chi connectivity index (χ3v) is 6.28. The van der Waals surface area contributed by atoms with E-state index in [4.69, 9.17) is 4.98 Å². The Balaban J connectivity index is 1.38. The van der Waals surface area contributed by atoms with Crippen LogP contribution >= 0.6 is 0 Å². The molecule has 7 heteroatoms. The molecule has 4 heterocycles. The fourth-order valence-corrected chi connectivity index (χ4v) is 4.43. The summed E-state index contributed by atoms with van der Waals surface area (Å²) in [7, 11) is 2.18. The van der Waals surface area contributed by atoms with E-state index in [1.54, 1.807) is 0 Å². The molecule has 1 aliphatic carbocycles. The summed E-state index contributed by atoms with van der Waals surface area (Å²) in [6.45, 7) is 3.24. The smallest absolute Gasteiger partial charge is 0.222 e. The fourth-order valence-electron chi connectivity index (χ4n) is 4.43. The van der Waals surface area contributed by atoms with Gasteiger partial charge in [0.1, 0.15) is 5.65 Å². The number of nitrogens with zero attached hydrogens (tertiary/aromatic N) is 5. The molecule has 156 valence electrons. The predicted octanol–water partition coefficient (Wildman–Crippen LogP) is 3.79. The van der Waals surface area contributed by atoms with Crippen LogP contribution in [0.4, 0.5) is 10.3 Å². The number of likely N-dealkylation sites (tertiary alicyclic amines) is 1. The van der Waals surface area contributed by atoms with Crippen molar-refractivity contribution in [3.8, 4) is 0 Å². The standard InChI is InChI=1S/C23H27FN6/c1-29-10-8-16(9-11-29)12-26-23-27-13-19-18(4-2-3-5-20(19)28-23)17-6-7-22-25-14-21(24)30(22)15-17/h4,6-7,13-16H,2-3,5,8-12H2,1H3,(H,26,27,28). The summed E-state index contributed by atoms with van der Waals surface area (Å²) >= 11 is 0. The highest BCUT2D eigenvalue weighted by molar-refractivity contribution is 5.81. The number of fused-ring (bicyclic) bond motifs is 2. The number of imidazole rings is 1. The van der Waals surface area contributed by atoms with E-state index < -0.39 is 0 Å². The van der Waals surface area contributed by atoms with E-state index in [2.05, 4.69) is 33.3 Å². The van der Waals surface area contributed by atoms with Crippen molar-refractivity contribution in [3.05, 3.63) is 59.6 Å². The molecule has 30 heavy (non-hydrogen) atoms. The Morgan fingerprint density at radius 2 is 2.03 bits per heavy atom. The zero-order chi connectivity index (χ0) is 20.5. The molecule has 0 bridgehead atoms. The Kier molecular flexibility index (Phi) is 5.21. The van der Waals surface area contributed by atoms with E-state index in [-0.39, 0.29) is 5.95 Å². The number of hydrogen-bond acceptors (Lipinski definition) is 5. The molecular weight excluding hydrogens is 379 g/mol. The number of halogens is 1. The van der Waals surface area contributed by atoms with Gasteiger partial charge in [-0.1, -0.05) is 6.08 Å². The molecule has 3 aromatic rings. The Morgan fingerprint density at radius 3 is 2.90 bits per heavy atom. The maximum atomic E-state index is 14.0. The van der Waals surface area contributed by atoms with E-state index in [0.717, 1.165) is 61.3 Å². The first kappa shape index (κ1) is 19.2. The number of anilines is 1. The van der Waals surface area contributed by atoms with Crippen molar-refractivity contribution in [2.45, 2.75) is 32.1 Å². The van der Waals surface area contributed by atoms with Gasteiger partial charge in [-0.05, 0) is 81.4 Å². The van der Waals surface area contributed by atoms with Gasteiger partial charge in [0.2, 0.25) is 11.9 Å². The molecule has 0 saturated carbocycles. The molecule has 6 nitrogen and oxygen atoms in total. The van der Waals surface area contributed by atoms with Crippen molar-refractivity contribution in [2.75, 3.05) is 32.0 Å². The average Bonchev–Trinajstić information content (AvgIpc) is 3.01. The summed E-state index contributed by atoms with van der Waals surface area (Å²) in [5.41, 5.74) is 4.73. The van der Waals surface area contributed by atoms with E-state index in [1.807, 2.05) is 24.5 Å². The first-order chi connectivity index (χ1) is 14.7. The van der Waals surface area contributed by atoms with Crippen molar-refractivity contribution in [3.63, 3.8) is 0 Å². The van der Waals surface area contributed by atoms with Gasteiger partial charge in [0.15, 0.2) is 0 Å². The quantitative estimate of drug-likeness (QED) is 0.715. The number of pyridine rings is 1. The first-order valence-electron chi connectivity index (χ1n) is 10.8. The molecule has 1 aliphatic heterocycles. The summed E-state index contributed by atoms with van der Waals surface area (Å²) < 4.78 is 15.5. The summed E-state index contributed by atoms with van der Waals surface area (Å²) in [5, 5.41) is 3.46. The van der Waals surface area contributed by atoms with Crippen LogP contribution in [-0.2, 0) is 6.42 Å². The number of piperidine rings is 1. The van der Waals surface area contributed by atoms with Crippen LogP contribution in [0.5, 0.6) is 0 Å². The number of nitrogens with one attached hydrogen (secondary N) is 1. The summed E-state index contributed by atoms with van der Waals surface area (Å²) in [4.78, 5) is 15.9. The molecule has 1 N–H and O–H groups in total. The molecule has 1 saturated heterocycles. The van der Waals surface area contributed by atoms with E-state index in [0.29, 0.717) is 17.5 Å². The number of aromatic nitrogens is 4. The number of aryl methyl sites for hydroxylation is 1. The van der Waals surface area contributed by atoms with Crippen molar-refractivity contribution in [2.24, 2.45) is 5.92 Å². The SMILES string of the molecule is CN1CCC(CNc2ncc3c(n2)CCCC=C3c2ccc3ncc(F)n3c2)CC1. The lowest BCUT2D eigenvalue weighted by atomic mass is 9.97. The van der Waals surface area contributed by atoms with Crippen molar-refractivity contribution < 1.29 is 4.39 Å². The van der Waals surface area contributed by atoms with Gasteiger partial charge in [0.05, 0.1) is 11.9 Å². The lowest BCUT2D eigenvalue weighted by Gasteiger charge is -2.29.